The minimum absolute atomic E-state index is 0.0524. The number of esters is 1. The second kappa shape index (κ2) is 14.1. The third-order valence-electron chi connectivity index (χ3n) is 6.67. The van der Waals surface area contributed by atoms with E-state index in [0.29, 0.717) is 44.1 Å². The third-order valence-corrected chi connectivity index (χ3v) is 6.67. The number of ketones is 1. The molecule has 0 spiro atoms. The van der Waals surface area contributed by atoms with Crippen molar-refractivity contribution in [3.8, 4) is 0 Å². The largest absolute Gasteiger partial charge is 0.454 e. The lowest BCUT2D eigenvalue weighted by Gasteiger charge is -2.27. The number of allylic oxidation sites excluding steroid dienone is 2. The van der Waals surface area contributed by atoms with Gasteiger partial charge in [-0.15, -0.1) is 0 Å². The Kier molecular flexibility index (Phi) is 11.5. The van der Waals surface area contributed by atoms with Crippen molar-refractivity contribution >= 4 is 23.6 Å². The zero-order chi connectivity index (χ0) is 26.0. The van der Waals surface area contributed by atoms with Gasteiger partial charge in [0.1, 0.15) is 18.0 Å². The Morgan fingerprint density at radius 2 is 1.86 bits per heavy atom. The molecule has 194 valence electrons. The van der Waals surface area contributed by atoms with Crippen LogP contribution in [0.4, 0.5) is 0 Å². The first-order chi connectivity index (χ1) is 16.6. The van der Waals surface area contributed by atoms with Crippen molar-refractivity contribution in [1.29, 1.82) is 0 Å². The molecule has 5 atom stereocenters. The van der Waals surface area contributed by atoms with Gasteiger partial charge < -0.3 is 14.6 Å². The van der Waals surface area contributed by atoms with Crippen LogP contribution >= 0.6 is 0 Å². The van der Waals surface area contributed by atoms with Gasteiger partial charge in [-0.05, 0) is 44.1 Å². The lowest BCUT2D eigenvalue weighted by atomic mass is 9.86. The van der Waals surface area contributed by atoms with Gasteiger partial charge in [0.25, 0.3) is 0 Å². The summed E-state index contributed by atoms with van der Waals surface area (Å²) in [5, 5.41) is 13.1. The van der Waals surface area contributed by atoms with Gasteiger partial charge in [0, 0.05) is 38.4 Å². The minimum Gasteiger partial charge on any atom is -0.454 e. The van der Waals surface area contributed by atoms with E-state index in [0.717, 1.165) is 0 Å². The number of methoxy groups -OCH3 is 1. The summed E-state index contributed by atoms with van der Waals surface area (Å²) in [6.45, 7) is 5.39. The Morgan fingerprint density at radius 1 is 1.20 bits per heavy atom. The maximum atomic E-state index is 13.0. The second-order valence-electron chi connectivity index (χ2n) is 9.62. The molecule has 8 heteroatoms. The van der Waals surface area contributed by atoms with Gasteiger partial charge in [-0.25, -0.2) is 4.79 Å². The van der Waals surface area contributed by atoms with Crippen LogP contribution in [0.25, 0.3) is 0 Å². The zero-order valence-corrected chi connectivity index (χ0v) is 21.2. The van der Waals surface area contributed by atoms with E-state index in [-0.39, 0.29) is 35.9 Å². The number of ether oxygens (including phenoxy) is 2. The molecule has 0 aromatic carbocycles. The highest BCUT2D eigenvalue weighted by molar-refractivity contribution is 5.97. The summed E-state index contributed by atoms with van der Waals surface area (Å²) in [7, 11) is 1.55. The molecule has 2 aliphatic rings. The fourth-order valence-electron chi connectivity index (χ4n) is 4.61. The first-order valence-electron chi connectivity index (χ1n) is 12.4. The summed E-state index contributed by atoms with van der Waals surface area (Å²) in [4.78, 5) is 48.6. The Hall–Kier alpha value is -2.58. The molecule has 0 aromatic heterocycles. The Labute approximate surface area is 207 Å². The van der Waals surface area contributed by atoms with Crippen molar-refractivity contribution in [3.05, 3.63) is 36.0 Å². The normalized spacial score (nSPS) is 31.3. The molecule has 0 saturated carbocycles. The van der Waals surface area contributed by atoms with E-state index in [1.54, 1.807) is 27.0 Å². The number of hydrogen-bond donors (Lipinski definition) is 2. The highest BCUT2D eigenvalue weighted by Gasteiger charge is 2.31. The van der Waals surface area contributed by atoms with E-state index in [1.807, 2.05) is 25.2 Å². The predicted molar refractivity (Wildman–Crippen MR) is 131 cm³/mol. The van der Waals surface area contributed by atoms with E-state index in [1.165, 1.54) is 6.08 Å². The second-order valence-corrected chi connectivity index (χ2v) is 9.62. The molecular weight excluding hydrogens is 450 g/mol. The number of Topliss-reactive ketones (excluding diaryl/α,β-unsaturated/α-hetero) is 1. The third kappa shape index (κ3) is 9.18. The van der Waals surface area contributed by atoms with Gasteiger partial charge in [-0.2, -0.15) is 0 Å². The van der Waals surface area contributed by atoms with Crippen LogP contribution in [-0.4, -0.2) is 54.1 Å². The molecule has 2 aliphatic heterocycles. The Morgan fingerprint density at radius 3 is 2.51 bits per heavy atom. The van der Waals surface area contributed by atoms with Gasteiger partial charge in [0.15, 0.2) is 0 Å². The number of aliphatic hydroxyl groups is 1. The van der Waals surface area contributed by atoms with Crippen LogP contribution in [-0.2, 0) is 28.7 Å². The summed E-state index contributed by atoms with van der Waals surface area (Å²) in [6.07, 6.45) is 9.96. The number of rotatable bonds is 7. The smallest absolute Gasteiger partial charge is 0.331 e. The summed E-state index contributed by atoms with van der Waals surface area (Å²) in [5.41, 5.74) is 0.685. The maximum absolute atomic E-state index is 13.0. The molecule has 0 radical (unpaired) electrons. The molecule has 35 heavy (non-hydrogen) atoms. The zero-order valence-electron chi connectivity index (χ0n) is 21.2. The molecule has 1 saturated heterocycles. The van der Waals surface area contributed by atoms with E-state index < -0.39 is 30.2 Å². The molecule has 2 rings (SSSR count). The summed E-state index contributed by atoms with van der Waals surface area (Å²) < 4.78 is 11.1. The molecule has 8 nitrogen and oxygen atoms in total. The van der Waals surface area contributed by atoms with Crippen LogP contribution < -0.4 is 5.32 Å². The number of piperidine rings is 1. The van der Waals surface area contributed by atoms with Crippen molar-refractivity contribution in [2.24, 2.45) is 17.8 Å². The number of hydrogen-bond acceptors (Lipinski definition) is 7. The Balaban J connectivity index is 2.11. The van der Waals surface area contributed by atoms with Crippen LogP contribution in [0.5, 0.6) is 0 Å². The lowest BCUT2D eigenvalue weighted by molar-refractivity contribution is -0.145. The predicted octanol–water partition coefficient (Wildman–Crippen LogP) is 3.19. The van der Waals surface area contributed by atoms with Crippen molar-refractivity contribution < 1.29 is 33.8 Å². The number of aliphatic hydroxyl groups excluding tert-OH is 1. The molecular formula is C27H39NO7. The fourth-order valence-corrected chi connectivity index (χ4v) is 4.61. The van der Waals surface area contributed by atoms with E-state index in [4.69, 9.17) is 9.47 Å². The van der Waals surface area contributed by atoms with Gasteiger partial charge in [-0.3, -0.25) is 19.7 Å². The highest BCUT2D eigenvalue weighted by atomic mass is 16.5. The van der Waals surface area contributed by atoms with Crippen molar-refractivity contribution in [2.45, 2.75) is 84.0 Å². The molecule has 2 heterocycles. The Bertz CT molecular complexity index is 844. The SMILES string of the molecule is CO[C@H]1/C=C\CC/C=C\C(=O)O[C@H]([C@@H](C)C(=O)CCCC2CC(=O)NC(=O)C2)/C(C)=C\[C@@H](C)[C@@H]1O. The lowest BCUT2D eigenvalue weighted by Crippen LogP contribution is -2.38. The average Bonchev–Trinajstić information content (AvgIpc) is 2.79. The highest BCUT2D eigenvalue weighted by Crippen LogP contribution is 2.25. The molecule has 0 aromatic rings. The van der Waals surface area contributed by atoms with Crippen molar-refractivity contribution in [1.82, 2.24) is 5.32 Å². The molecule has 0 bridgehead atoms. The summed E-state index contributed by atoms with van der Waals surface area (Å²) in [6, 6.07) is 0. The van der Waals surface area contributed by atoms with Crippen molar-refractivity contribution in [3.63, 3.8) is 0 Å². The quantitative estimate of drug-likeness (QED) is 0.320. The first-order valence-corrected chi connectivity index (χ1v) is 12.4. The van der Waals surface area contributed by atoms with Gasteiger partial charge in [0.05, 0.1) is 12.0 Å². The van der Waals surface area contributed by atoms with E-state index in [2.05, 4.69) is 5.32 Å². The standard InChI is InChI=1S/C27H39NO7/c1-17-14-18(2)27(35-25(32)13-8-6-5-7-12-22(34-4)26(17)33)19(3)21(29)11-9-10-20-15-23(30)28-24(31)16-20/h7-8,12-14,17,19-20,22,26-27,33H,5-6,9-11,15-16H2,1-4H3,(H,28,30,31)/b12-7-,13-8-,18-14-/t17-,19+,22+,26+,27+/m1/s1. The minimum atomic E-state index is -0.803. The molecule has 0 unspecified atom stereocenters. The molecule has 0 aliphatic carbocycles. The first kappa shape index (κ1) is 28.7. The van der Waals surface area contributed by atoms with Crippen molar-refractivity contribution in [2.75, 3.05) is 7.11 Å². The van der Waals surface area contributed by atoms with E-state index >= 15 is 0 Å². The number of carbonyl (C=O) groups is 4. The summed E-state index contributed by atoms with van der Waals surface area (Å²) in [5.74, 6) is -2.06. The fraction of sp³-hybridized carbons (Fsp3) is 0.630. The van der Waals surface area contributed by atoms with Gasteiger partial charge in [-0.1, -0.05) is 38.2 Å². The van der Waals surface area contributed by atoms with Crippen LogP contribution in [0.3, 0.4) is 0 Å². The van der Waals surface area contributed by atoms with Gasteiger partial charge in [0.2, 0.25) is 11.8 Å². The number of imide groups is 1. The monoisotopic (exact) mass is 489 g/mol. The maximum Gasteiger partial charge on any atom is 0.331 e. The molecule has 2 N–H and O–H groups in total. The molecule has 1 fully saturated rings. The van der Waals surface area contributed by atoms with Crippen LogP contribution in [0, 0.1) is 17.8 Å². The number of amides is 2. The topological polar surface area (TPSA) is 119 Å². The van der Waals surface area contributed by atoms with Crippen LogP contribution in [0.1, 0.15) is 65.7 Å². The number of cyclic esters (lactones) is 1. The van der Waals surface area contributed by atoms with Crippen LogP contribution in [0.2, 0.25) is 0 Å². The van der Waals surface area contributed by atoms with Crippen LogP contribution in [0.15, 0.2) is 36.0 Å². The number of carbonyl (C=O) groups excluding carboxylic acids is 4. The average molecular weight is 490 g/mol. The van der Waals surface area contributed by atoms with Gasteiger partial charge >= 0.3 is 5.97 Å². The van der Waals surface area contributed by atoms with E-state index in [9.17, 15) is 24.3 Å². The molecule has 2 amide bonds. The summed E-state index contributed by atoms with van der Waals surface area (Å²) >= 11 is 0. The number of nitrogens with one attached hydrogen (secondary N) is 1.